The molecule has 0 atom stereocenters. The van der Waals surface area contributed by atoms with Gasteiger partial charge in [0, 0.05) is 18.0 Å². The summed E-state index contributed by atoms with van der Waals surface area (Å²) >= 11 is 1.68. The highest BCUT2D eigenvalue weighted by molar-refractivity contribution is 7.14. The van der Waals surface area contributed by atoms with Crippen LogP contribution in [0.2, 0.25) is 0 Å². The zero-order chi connectivity index (χ0) is 16.7. The Morgan fingerprint density at radius 2 is 1.75 bits per heavy atom. The van der Waals surface area contributed by atoms with E-state index in [0.717, 1.165) is 47.7 Å². The zero-order valence-electron chi connectivity index (χ0n) is 14.1. The lowest BCUT2D eigenvalue weighted by molar-refractivity contribution is 0.0739. The first-order chi connectivity index (χ1) is 11.7. The van der Waals surface area contributed by atoms with Gasteiger partial charge in [-0.2, -0.15) is 0 Å². The highest BCUT2D eigenvalue weighted by Gasteiger charge is 2.26. The molecular weight excluding hydrogens is 322 g/mol. The summed E-state index contributed by atoms with van der Waals surface area (Å²) in [6.45, 7) is 1.39. The fraction of sp³-hybridized carbons (Fsp3) is 0.421. The largest absolute Gasteiger partial charge is 0.493 e. The Balaban J connectivity index is 1.58. The number of methoxy groups -OCH3 is 2. The number of ether oxygens (including phenoxy) is 2. The molecule has 4 nitrogen and oxygen atoms in total. The van der Waals surface area contributed by atoms with Crippen LogP contribution in [0.1, 0.15) is 37.7 Å². The van der Waals surface area contributed by atoms with Gasteiger partial charge in [0.2, 0.25) is 0 Å². The molecule has 1 aliphatic heterocycles. The first-order valence-corrected chi connectivity index (χ1v) is 9.16. The summed E-state index contributed by atoms with van der Waals surface area (Å²) in [4.78, 5) is 17.1. The van der Waals surface area contributed by atoms with Crippen molar-refractivity contribution in [1.29, 1.82) is 0 Å². The van der Waals surface area contributed by atoms with E-state index in [-0.39, 0.29) is 5.91 Å². The van der Waals surface area contributed by atoms with Gasteiger partial charge in [-0.1, -0.05) is 0 Å². The van der Waals surface area contributed by atoms with Gasteiger partial charge in [0.25, 0.3) is 5.91 Å². The van der Waals surface area contributed by atoms with Crippen molar-refractivity contribution >= 4 is 17.2 Å². The minimum Gasteiger partial charge on any atom is -0.493 e. The third kappa shape index (κ3) is 2.57. The Hall–Kier alpha value is -2.01. The minimum absolute atomic E-state index is 0.162. The maximum Gasteiger partial charge on any atom is 0.264 e. The molecule has 0 N–H and O–H groups in total. The van der Waals surface area contributed by atoms with Crippen molar-refractivity contribution in [3.8, 4) is 11.5 Å². The Morgan fingerprint density at radius 3 is 2.46 bits per heavy atom. The molecule has 4 rings (SSSR count). The normalized spacial score (nSPS) is 15.8. The number of thiophene rings is 1. The fourth-order valence-corrected chi connectivity index (χ4v) is 4.87. The number of carbonyl (C=O) groups is 1. The molecule has 2 aliphatic rings. The number of aryl methyl sites for hydroxylation is 2. The molecule has 2 aromatic rings. The summed E-state index contributed by atoms with van der Waals surface area (Å²) in [5, 5.41) is 0. The molecule has 126 valence electrons. The highest BCUT2D eigenvalue weighted by Crippen LogP contribution is 2.35. The van der Waals surface area contributed by atoms with Crippen LogP contribution in [0.5, 0.6) is 11.5 Å². The average molecular weight is 343 g/mol. The fourth-order valence-electron chi connectivity index (χ4n) is 3.65. The van der Waals surface area contributed by atoms with Crippen molar-refractivity contribution in [1.82, 2.24) is 4.90 Å². The molecule has 2 heterocycles. The maximum absolute atomic E-state index is 12.9. The second-order valence-corrected chi connectivity index (χ2v) is 7.50. The van der Waals surface area contributed by atoms with Crippen molar-refractivity contribution in [3.05, 3.63) is 44.6 Å². The zero-order valence-corrected chi connectivity index (χ0v) is 14.9. The monoisotopic (exact) mass is 343 g/mol. The van der Waals surface area contributed by atoms with E-state index in [1.165, 1.54) is 22.4 Å². The van der Waals surface area contributed by atoms with Crippen molar-refractivity contribution in [2.75, 3.05) is 20.8 Å². The van der Waals surface area contributed by atoms with E-state index >= 15 is 0 Å². The molecule has 1 aromatic heterocycles. The Bertz CT molecular complexity index is 775. The highest BCUT2D eigenvalue weighted by atomic mass is 32.1. The molecule has 1 aromatic carbocycles. The third-order valence-electron chi connectivity index (χ3n) is 4.96. The number of benzene rings is 1. The van der Waals surface area contributed by atoms with E-state index in [1.807, 2.05) is 17.0 Å². The Labute approximate surface area is 146 Å². The lowest BCUT2D eigenvalue weighted by atomic mass is 9.98. The van der Waals surface area contributed by atoms with Crippen LogP contribution in [0, 0.1) is 0 Å². The van der Waals surface area contributed by atoms with Gasteiger partial charge in [0.15, 0.2) is 11.5 Å². The van der Waals surface area contributed by atoms with E-state index in [1.54, 1.807) is 25.6 Å². The van der Waals surface area contributed by atoms with Crippen LogP contribution in [0.15, 0.2) is 18.2 Å². The van der Waals surface area contributed by atoms with Crippen molar-refractivity contribution in [2.24, 2.45) is 0 Å². The lowest BCUT2D eigenvalue weighted by Crippen LogP contribution is -2.35. The summed E-state index contributed by atoms with van der Waals surface area (Å²) in [5.74, 6) is 1.64. The molecule has 1 amide bonds. The van der Waals surface area contributed by atoms with Crippen molar-refractivity contribution in [3.63, 3.8) is 0 Å². The smallest absolute Gasteiger partial charge is 0.264 e. The quantitative estimate of drug-likeness (QED) is 0.857. The third-order valence-corrected chi connectivity index (χ3v) is 6.19. The molecule has 0 fully saturated rings. The van der Waals surface area contributed by atoms with Gasteiger partial charge in [-0.15, -0.1) is 11.3 Å². The van der Waals surface area contributed by atoms with Crippen LogP contribution in [0.4, 0.5) is 0 Å². The summed E-state index contributed by atoms with van der Waals surface area (Å²) in [6.07, 6.45) is 4.34. The number of nitrogens with zero attached hydrogens (tertiary/aromatic N) is 1. The first kappa shape index (κ1) is 15.5. The number of amides is 1. The minimum atomic E-state index is 0.162. The molecule has 0 unspecified atom stereocenters. The second kappa shape index (κ2) is 6.13. The second-order valence-electron chi connectivity index (χ2n) is 6.37. The Morgan fingerprint density at radius 1 is 1.00 bits per heavy atom. The summed E-state index contributed by atoms with van der Waals surface area (Å²) in [7, 11) is 3.29. The number of carbonyl (C=O) groups excluding carboxylic acids is 1. The van der Waals surface area contributed by atoms with Crippen LogP contribution in [0.3, 0.4) is 0 Å². The van der Waals surface area contributed by atoms with E-state index in [4.69, 9.17) is 9.47 Å². The summed E-state index contributed by atoms with van der Waals surface area (Å²) in [6, 6.07) is 6.15. The van der Waals surface area contributed by atoms with Gasteiger partial charge in [-0.25, -0.2) is 0 Å². The molecule has 0 bridgehead atoms. The van der Waals surface area contributed by atoms with E-state index in [2.05, 4.69) is 6.07 Å². The van der Waals surface area contributed by atoms with Gasteiger partial charge in [0.05, 0.1) is 19.1 Å². The molecule has 0 saturated carbocycles. The van der Waals surface area contributed by atoms with E-state index in [9.17, 15) is 4.79 Å². The Kier molecular flexibility index (Phi) is 3.96. The molecule has 1 aliphatic carbocycles. The van der Waals surface area contributed by atoms with Gasteiger partial charge >= 0.3 is 0 Å². The summed E-state index contributed by atoms with van der Waals surface area (Å²) < 4.78 is 10.8. The number of rotatable bonds is 3. The number of hydrogen-bond acceptors (Lipinski definition) is 4. The first-order valence-electron chi connectivity index (χ1n) is 8.34. The van der Waals surface area contributed by atoms with Crippen molar-refractivity contribution in [2.45, 2.75) is 32.2 Å². The predicted octanol–water partition coefficient (Wildman–Crippen LogP) is 3.45. The van der Waals surface area contributed by atoms with Crippen LogP contribution >= 0.6 is 11.3 Å². The van der Waals surface area contributed by atoms with E-state index in [0.29, 0.717) is 6.54 Å². The van der Waals surface area contributed by atoms with Crippen LogP contribution in [-0.4, -0.2) is 31.6 Å². The van der Waals surface area contributed by atoms with Crippen molar-refractivity contribution < 1.29 is 14.3 Å². The molecule has 0 spiro atoms. The number of hydrogen-bond donors (Lipinski definition) is 0. The van der Waals surface area contributed by atoms with Crippen LogP contribution in [-0.2, 0) is 25.8 Å². The SMILES string of the molecule is COc1cc2c(cc1OC)CN(C(=O)c1cc3c(s1)CCC3)CC2. The molecule has 0 saturated heterocycles. The lowest BCUT2D eigenvalue weighted by Gasteiger charge is -2.29. The van der Waals surface area contributed by atoms with Gasteiger partial charge < -0.3 is 14.4 Å². The van der Waals surface area contributed by atoms with Crippen LogP contribution in [0.25, 0.3) is 0 Å². The maximum atomic E-state index is 12.9. The van der Waals surface area contributed by atoms with Crippen LogP contribution < -0.4 is 9.47 Å². The molecule has 24 heavy (non-hydrogen) atoms. The van der Waals surface area contributed by atoms with E-state index < -0.39 is 0 Å². The summed E-state index contributed by atoms with van der Waals surface area (Å²) in [5.41, 5.74) is 3.77. The standard InChI is InChI=1S/C19H21NO3S/c1-22-15-8-12-6-7-20(11-14(12)9-16(15)23-2)19(21)18-10-13-4-3-5-17(13)24-18/h8-10H,3-7,11H2,1-2H3. The average Bonchev–Trinajstić information content (AvgIpc) is 3.21. The molecule has 0 radical (unpaired) electrons. The predicted molar refractivity (Wildman–Crippen MR) is 94.3 cm³/mol. The van der Waals surface area contributed by atoms with Gasteiger partial charge in [0.1, 0.15) is 0 Å². The molecule has 5 heteroatoms. The molecular formula is C19H21NO3S. The van der Waals surface area contributed by atoms with Gasteiger partial charge in [-0.3, -0.25) is 4.79 Å². The number of fused-ring (bicyclic) bond motifs is 2. The topological polar surface area (TPSA) is 38.8 Å². The van der Waals surface area contributed by atoms with Gasteiger partial charge in [-0.05, 0) is 60.6 Å².